The summed E-state index contributed by atoms with van der Waals surface area (Å²) in [7, 11) is 0. The molecule has 1 heterocycles. The van der Waals surface area contributed by atoms with Crippen molar-refractivity contribution in [3.05, 3.63) is 34.4 Å². The number of benzene rings is 1. The zero-order valence-electron chi connectivity index (χ0n) is 10.6. The van der Waals surface area contributed by atoms with E-state index >= 15 is 0 Å². The van der Waals surface area contributed by atoms with Crippen molar-refractivity contribution < 1.29 is 0 Å². The predicted octanol–water partition coefficient (Wildman–Crippen LogP) is 3.93. The Kier molecular flexibility index (Phi) is 2.49. The lowest BCUT2D eigenvalue weighted by molar-refractivity contribution is 0.670. The van der Waals surface area contributed by atoms with Gasteiger partial charge in [0.2, 0.25) is 0 Å². The van der Waals surface area contributed by atoms with Crippen molar-refractivity contribution in [3.8, 4) is 11.1 Å². The van der Waals surface area contributed by atoms with Crippen LogP contribution in [0.15, 0.2) is 28.7 Å². The SMILES string of the molecule is Nc1n[nH]c(C2C3CCCC32)c1-c1ccccc1Br. The van der Waals surface area contributed by atoms with Gasteiger partial charge in [0.05, 0.1) is 0 Å². The minimum absolute atomic E-state index is 0.617. The van der Waals surface area contributed by atoms with Crippen LogP contribution in [-0.4, -0.2) is 10.2 Å². The molecule has 98 valence electrons. The lowest BCUT2D eigenvalue weighted by Gasteiger charge is -2.08. The first kappa shape index (κ1) is 11.5. The number of halogens is 1. The fraction of sp³-hybridized carbons (Fsp3) is 0.400. The van der Waals surface area contributed by atoms with E-state index in [0.717, 1.165) is 27.4 Å². The second-order valence-corrected chi connectivity index (χ2v) is 6.52. The van der Waals surface area contributed by atoms with Crippen molar-refractivity contribution in [3.63, 3.8) is 0 Å². The van der Waals surface area contributed by atoms with Gasteiger partial charge in [0.1, 0.15) is 0 Å². The van der Waals surface area contributed by atoms with Crippen LogP contribution < -0.4 is 5.73 Å². The topological polar surface area (TPSA) is 54.7 Å². The molecular weight excluding hydrogens is 302 g/mol. The number of anilines is 1. The molecule has 2 fully saturated rings. The van der Waals surface area contributed by atoms with Crippen LogP contribution in [0.1, 0.15) is 30.9 Å². The Morgan fingerprint density at radius 2 is 1.95 bits per heavy atom. The molecule has 2 aliphatic carbocycles. The number of aromatic nitrogens is 2. The first-order chi connectivity index (χ1) is 9.27. The number of rotatable bonds is 2. The van der Waals surface area contributed by atoms with Gasteiger partial charge in [-0.05, 0) is 30.7 Å². The Bertz CT molecular complexity index is 624. The molecule has 1 aromatic carbocycles. The molecule has 0 bridgehead atoms. The van der Waals surface area contributed by atoms with Crippen LogP contribution in [0.4, 0.5) is 5.82 Å². The fourth-order valence-corrected chi connectivity index (χ4v) is 4.29. The standard InChI is InChI=1S/C15H16BrN3/c16-11-7-2-1-4-10(11)13-14(18-19-15(13)17)12-8-5-3-6-9(8)12/h1-2,4,7-9,12H,3,5-6H2,(H3,17,18,19). The van der Waals surface area contributed by atoms with Gasteiger partial charge in [-0.3, -0.25) is 5.10 Å². The molecule has 2 aliphatic rings. The first-order valence-corrected chi connectivity index (χ1v) is 7.65. The predicted molar refractivity (Wildman–Crippen MR) is 79.7 cm³/mol. The van der Waals surface area contributed by atoms with Gasteiger partial charge in [0.15, 0.2) is 5.82 Å². The first-order valence-electron chi connectivity index (χ1n) is 6.86. The van der Waals surface area contributed by atoms with Crippen LogP contribution in [0, 0.1) is 11.8 Å². The third kappa shape index (κ3) is 1.66. The minimum Gasteiger partial charge on any atom is -0.382 e. The Morgan fingerprint density at radius 3 is 2.68 bits per heavy atom. The number of H-pyrrole nitrogens is 1. The van der Waals surface area contributed by atoms with Gasteiger partial charge < -0.3 is 5.73 Å². The molecule has 3 nitrogen and oxygen atoms in total. The average Bonchev–Trinajstić information content (AvgIpc) is 2.78. The number of hydrogen-bond donors (Lipinski definition) is 2. The van der Waals surface area contributed by atoms with Crippen LogP contribution >= 0.6 is 15.9 Å². The molecular formula is C15H16BrN3. The van der Waals surface area contributed by atoms with E-state index in [0.29, 0.717) is 11.7 Å². The van der Waals surface area contributed by atoms with Crippen LogP contribution in [0.25, 0.3) is 11.1 Å². The summed E-state index contributed by atoms with van der Waals surface area (Å²) in [5.74, 6) is 3.00. The summed E-state index contributed by atoms with van der Waals surface area (Å²) in [4.78, 5) is 0. The van der Waals surface area contributed by atoms with Crippen molar-refractivity contribution in [2.24, 2.45) is 11.8 Å². The molecule has 2 atom stereocenters. The fourth-order valence-electron chi connectivity index (χ4n) is 3.81. The maximum atomic E-state index is 6.10. The van der Waals surface area contributed by atoms with Gasteiger partial charge >= 0.3 is 0 Å². The van der Waals surface area contributed by atoms with Crippen molar-refractivity contribution in [2.45, 2.75) is 25.2 Å². The van der Waals surface area contributed by atoms with Gasteiger partial charge in [-0.15, -0.1) is 0 Å². The smallest absolute Gasteiger partial charge is 0.153 e. The Labute approximate surface area is 120 Å². The molecule has 19 heavy (non-hydrogen) atoms. The average molecular weight is 318 g/mol. The summed E-state index contributed by atoms with van der Waals surface area (Å²) in [6, 6.07) is 8.23. The zero-order chi connectivity index (χ0) is 13.0. The highest BCUT2D eigenvalue weighted by Gasteiger charge is 2.54. The van der Waals surface area contributed by atoms with Gasteiger partial charge in [0, 0.05) is 27.2 Å². The molecule has 0 aliphatic heterocycles. The van der Waals surface area contributed by atoms with Crippen molar-refractivity contribution >= 4 is 21.7 Å². The second-order valence-electron chi connectivity index (χ2n) is 5.66. The van der Waals surface area contributed by atoms with E-state index in [4.69, 9.17) is 5.73 Å². The van der Waals surface area contributed by atoms with Crippen molar-refractivity contribution in [2.75, 3.05) is 5.73 Å². The second kappa shape index (κ2) is 4.10. The van der Waals surface area contributed by atoms with E-state index in [9.17, 15) is 0 Å². The van der Waals surface area contributed by atoms with Crippen LogP contribution in [0.5, 0.6) is 0 Å². The van der Waals surface area contributed by atoms with Crippen LogP contribution in [-0.2, 0) is 0 Å². The summed E-state index contributed by atoms with van der Waals surface area (Å²) in [5, 5.41) is 7.45. The van der Waals surface area contributed by atoms with E-state index in [-0.39, 0.29) is 0 Å². The third-order valence-corrected chi connectivity index (χ3v) is 5.40. The van der Waals surface area contributed by atoms with E-state index in [1.807, 2.05) is 12.1 Å². The van der Waals surface area contributed by atoms with E-state index < -0.39 is 0 Å². The van der Waals surface area contributed by atoms with Gasteiger partial charge in [-0.25, -0.2) is 0 Å². The number of fused-ring (bicyclic) bond motifs is 1. The van der Waals surface area contributed by atoms with Crippen LogP contribution in [0.2, 0.25) is 0 Å². The van der Waals surface area contributed by atoms with Gasteiger partial charge in [-0.1, -0.05) is 40.5 Å². The molecule has 4 rings (SSSR count). The normalized spacial score (nSPS) is 28.4. The number of nitrogens with two attached hydrogens (primary N) is 1. The largest absolute Gasteiger partial charge is 0.382 e. The molecule has 0 radical (unpaired) electrons. The third-order valence-electron chi connectivity index (χ3n) is 4.71. The maximum Gasteiger partial charge on any atom is 0.153 e. The molecule has 2 unspecified atom stereocenters. The molecule has 4 heteroatoms. The number of nitrogens with one attached hydrogen (secondary N) is 1. The highest BCUT2D eigenvalue weighted by molar-refractivity contribution is 9.10. The van der Waals surface area contributed by atoms with Crippen molar-refractivity contribution in [1.29, 1.82) is 0 Å². The lowest BCUT2D eigenvalue weighted by atomic mass is 9.99. The zero-order valence-corrected chi connectivity index (χ0v) is 12.2. The monoisotopic (exact) mass is 317 g/mol. The molecule has 0 amide bonds. The number of hydrogen-bond acceptors (Lipinski definition) is 2. The Balaban J connectivity index is 1.80. The molecule has 1 aromatic heterocycles. The quantitative estimate of drug-likeness (QED) is 0.881. The summed E-state index contributed by atoms with van der Waals surface area (Å²) in [5.41, 5.74) is 9.59. The van der Waals surface area contributed by atoms with E-state index in [1.165, 1.54) is 25.0 Å². The van der Waals surface area contributed by atoms with E-state index in [1.54, 1.807) is 0 Å². The summed E-state index contributed by atoms with van der Waals surface area (Å²) in [6.45, 7) is 0. The lowest BCUT2D eigenvalue weighted by Crippen LogP contribution is -1.93. The summed E-state index contributed by atoms with van der Waals surface area (Å²) < 4.78 is 1.08. The molecule has 0 spiro atoms. The highest BCUT2D eigenvalue weighted by atomic mass is 79.9. The molecule has 2 aromatic rings. The summed E-state index contributed by atoms with van der Waals surface area (Å²) in [6.07, 6.45) is 4.12. The minimum atomic E-state index is 0.617. The van der Waals surface area contributed by atoms with Gasteiger partial charge in [0.25, 0.3) is 0 Å². The Hall–Kier alpha value is -1.29. The number of nitrogen functional groups attached to an aromatic ring is 1. The van der Waals surface area contributed by atoms with E-state index in [2.05, 4.69) is 38.3 Å². The molecule has 3 N–H and O–H groups in total. The molecule has 2 saturated carbocycles. The maximum absolute atomic E-state index is 6.10. The summed E-state index contributed by atoms with van der Waals surface area (Å²) >= 11 is 3.62. The Morgan fingerprint density at radius 1 is 1.21 bits per heavy atom. The number of aromatic amines is 1. The van der Waals surface area contributed by atoms with Crippen molar-refractivity contribution in [1.82, 2.24) is 10.2 Å². The van der Waals surface area contributed by atoms with Gasteiger partial charge in [-0.2, -0.15) is 5.10 Å². The number of nitrogens with zero attached hydrogens (tertiary/aromatic N) is 1. The highest BCUT2D eigenvalue weighted by Crippen LogP contribution is 2.64. The van der Waals surface area contributed by atoms with Crippen LogP contribution in [0.3, 0.4) is 0 Å². The molecule has 0 saturated heterocycles.